The lowest BCUT2D eigenvalue weighted by atomic mass is 10.3. The lowest BCUT2D eigenvalue weighted by molar-refractivity contribution is 0.0726. The molecule has 0 aliphatic carbocycles. The molecule has 1 aromatic carbocycles. The Morgan fingerprint density at radius 3 is 2.61 bits per heavy atom. The lowest BCUT2D eigenvalue weighted by Gasteiger charge is -2.17. The average Bonchev–Trinajstić information content (AvgIpc) is 3.06. The van der Waals surface area contributed by atoms with Gasteiger partial charge in [0.25, 0.3) is 5.91 Å². The zero-order valence-corrected chi connectivity index (χ0v) is 13.2. The average molecular weight is 320 g/mol. The van der Waals surface area contributed by atoms with E-state index >= 15 is 0 Å². The Morgan fingerprint density at radius 1 is 1.30 bits per heavy atom. The number of amides is 1. The maximum atomic E-state index is 12.2. The van der Waals surface area contributed by atoms with Crippen LogP contribution in [-0.2, 0) is 6.61 Å². The molecule has 0 atom stereocenters. The molecule has 7 heteroatoms. The van der Waals surface area contributed by atoms with E-state index in [1.807, 2.05) is 6.92 Å². The van der Waals surface area contributed by atoms with Crippen LogP contribution in [0.5, 0.6) is 11.5 Å². The number of hydrogen-bond acceptors (Lipinski definition) is 6. The first-order valence-corrected chi connectivity index (χ1v) is 7.29. The van der Waals surface area contributed by atoms with E-state index in [2.05, 4.69) is 4.98 Å². The molecule has 0 saturated heterocycles. The van der Waals surface area contributed by atoms with Gasteiger partial charge in [0.15, 0.2) is 12.3 Å². The van der Waals surface area contributed by atoms with Gasteiger partial charge in [0.05, 0.1) is 13.7 Å². The van der Waals surface area contributed by atoms with Crippen molar-refractivity contribution in [2.75, 3.05) is 26.8 Å². The third kappa shape index (κ3) is 4.46. The molecule has 1 heterocycles. The second-order valence-corrected chi connectivity index (χ2v) is 4.70. The minimum atomic E-state index is -0.277. The van der Waals surface area contributed by atoms with Gasteiger partial charge in [-0.05, 0) is 31.2 Å². The fourth-order valence-corrected chi connectivity index (χ4v) is 1.98. The Hall–Kier alpha value is -2.54. The standard InChI is InChI=1S/C16H20N2O5/c1-3-18(8-9-19)16(20)14-10-23-15(17-14)11-22-13-6-4-12(21-2)5-7-13/h4-7,10,19H,3,8-9,11H2,1-2H3. The van der Waals surface area contributed by atoms with E-state index in [4.69, 9.17) is 19.0 Å². The largest absolute Gasteiger partial charge is 0.497 e. The summed E-state index contributed by atoms with van der Waals surface area (Å²) in [5.74, 6) is 1.42. The minimum Gasteiger partial charge on any atom is -0.497 e. The highest BCUT2D eigenvalue weighted by molar-refractivity contribution is 5.91. The van der Waals surface area contributed by atoms with E-state index in [1.54, 1.807) is 31.4 Å². The normalized spacial score (nSPS) is 10.4. The van der Waals surface area contributed by atoms with E-state index in [0.717, 1.165) is 5.75 Å². The first-order valence-electron chi connectivity index (χ1n) is 7.29. The fourth-order valence-electron chi connectivity index (χ4n) is 1.98. The van der Waals surface area contributed by atoms with Gasteiger partial charge in [-0.2, -0.15) is 0 Å². The molecule has 2 rings (SSSR count). The van der Waals surface area contributed by atoms with Crippen LogP contribution in [0.3, 0.4) is 0 Å². The number of carbonyl (C=O) groups excluding carboxylic acids is 1. The summed E-state index contributed by atoms with van der Waals surface area (Å²) in [6, 6.07) is 7.11. The molecule has 0 saturated carbocycles. The summed E-state index contributed by atoms with van der Waals surface area (Å²) in [4.78, 5) is 17.8. The zero-order chi connectivity index (χ0) is 16.7. The number of carbonyl (C=O) groups is 1. The van der Waals surface area contributed by atoms with Gasteiger partial charge in [-0.3, -0.25) is 4.79 Å². The van der Waals surface area contributed by atoms with Gasteiger partial charge in [0.2, 0.25) is 5.89 Å². The van der Waals surface area contributed by atoms with Crippen LogP contribution in [0.2, 0.25) is 0 Å². The molecule has 2 aromatic rings. The number of methoxy groups -OCH3 is 1. The minimum absolute atomic E-state index is 0.0924. The van der Waals surface area contributed by atoms with Crippen molar-refractivity contribution in [1.29, 1.82) is 0 Å². The number of aliphatic hydroxyl groups is 1. The van der Waals surface area contributed by atoms with Gasteiger partial charge in [-0.1, -0.05) is 0 Å². The molecule has 1 aromatic heterocycles. The first-order chi connectivity index (χ1) is 11.2. The topological polar surface area (TPSA) is 85.0 Å². The number of nitrogens with zero attached hydrogens (tertiary/aromatic N) is 2. The van der Waals surface area contributed by atoms with Crippen molar-refractivity contribution >= 4 is 5.91 Å². The molecule has 0 radical (unpaired) electrons. The maximum Gasteiger partial charge on any atom is 0.275 e. The first kappa shape index (κ1) is 16.8. The number of hydrogen-bond donors (Lipinski definition) is 1. The second kappa shape index (κ2) is 8.19. The number of oxazole rings is 1. The fraction of sp³-hybridized carbons (Fsp3) is 0.375. The molecule has 23 heavy (non-hydrogen) atoms. The van der Waals surface area contributed by atoms with E-state index < -0.39 is 0 Å². The van der Waals surface area contributed by atoms with Crippen molar-refractivity contribution in [1.82, 2.24) is 9.88 Å². The molecular formula is C16H20N2O5. The highest BCUT2D eigenvalue weighted by Crippen LogP contribution is 2.18. The van der Waals surface area contributed by atoms with Crippen LogP contribution >= 0.6 is 0 Å². The molecule has 1 N–H and O–H groups in total. The van der Waals surface area contributed by atoms with Crippen LogP contribution in [0.1, 0.15) is 23.3 Å². The smallest absolute Gasteiger partial charge is 0.275 e. The van der Waals surface area contributed by atoms with Gasteiger partial charge in [-0.15, -0.1) is 0 Å². The van der Waals surface area contributed by atoms with Crippen molar-refractivity contribution in [2.24, 2.45) is 0 Å². The molecule has 124 valence electrons. The van der Waals surface area contributed by atoms with Crippen molar-refractivity contribution < 1.29 is 23.8 Å². The Morgan fingerprint density at radius 2 is 2.00 bits per heavy atom. The molecule has 0 bridgehead atoms. The summed E-state index contributed by atoms with van der Waals surface area (Å²) >= 11 is 0. The van der Waals surface area contributed by atoms with Crippen LogP contribution in [0.25, 0.3) is 0 Å². The molecular weight excluding hydrogens is 300 g/mol. The Balaban J connectivity index is 1.94. The Bertz CT molecular complexity index is 624. The number of aromatic nitrogens is 1. The number of rotatable bonds is 8. The lowest BCUT2D eigenvalue weighted by Crippen LogP contribution is -2.33. The highest BCUT2D eigenvalue weighted by Gasteiger charge is 2.18. The Kier molecular flexibility index (Phi) is 5.99. The Labute approximate surface area is 134 Å². The molecule has 7 nitrogen and oxygen atoms in total. The van der Waals surface area contributed by atoms with Gasteiger partial charge >= 0.3 is 0 Å². The van der Waals surface area contributed by atoms with E-state index in [1.165, 1.54) is 11.2 Å². The van der Waals surface area contributed by atoms with Gasteiger partial charge < -0.3 is 23.9 Å². The summed E-state index contributed by atoms with van der Waals surface area (Å²) in [5, 5.41) is 8.95. The van der Waals surface area contributed by atoms with E-state index in [9.17, 15) is 4.79 Å². The van der Waals surface area contributed by atoms with E-state index in [0.29, 0.717) is 18.2 Å². The van der Waals surface area contributed by atoms with Gasteiger partial charge in [0.1, 0.15) is 17.8 Å². The molecule has 0 unspecified atom stereocenters. The third-order valence-corrected chi connectivity index (χ3v) is 3.23. The molecule has 1 amide bonds. The molecule has 0 aliphatic rings. The maximum absolute atomic E-state index is 12.2. The van der Waals surface area contributed by atoms with Crippen molar-refractivity contribution in [3.8, 4) is 11.5 Å². The van der Waals surface area contributed by atoms with Gasteiger partial charge in [-0.25, -0.2) is 4.98 Å². The molecule has 0 fully saturated rings. The van der Waals surface area contributed by atoms with Crippen molar-refractivity contribution in [3.05, 3.63) is 42.1 Å². The van der Waals surface area contributed by atoms with Crippen molar-refractivity contribution in [2.45, 2.75) is 13.5 Å². The van der Waals surface area contributed by atoms with E-state index in [-0.39, 0.29) is 31.4 Å². The summed E-state index contributed by atoms with van der Waals surface area (Å²) in [7, 11) is 1.59. The van der Waals surface area contributed by atoms with Gasteiger partial charge in [0, 0.05) is 13.1 Å². The van der Waals surface area contributed by atoms with Crippen molar-refractivity contribution in [3.63, 3.8) is 0 Å². The SMILES string of the molecule is CCN(CCO)C(=O)c1coc(COc2ccc(OC)cc2)n1. The molecule has 0 spiro atoms. The van der Waals surface area contributed by atoms with Crippen LogP contribution < -0.4 is 9.47 Å². The van der Waals surface area contributed by atoms with Crippen LogP contribution in [-0.4, -0.2) is 47.7 Å². The molecule has 0 aliphatic heterocycles. The third-order valence-electron chi connectivity index (χ3n) is 3.23. The second-order valence-electron chi connectivity index (χ2n) is 4.70. The van der Waals surface area contributed by atoms with Crippen LogP contribution in [0.4, 0.5) is 0 Å². The number of likely N-dealkylation sites (N-methyl/N-ethyl adjacent to an activating group) is 1. The summed E-state index contributed by atoms with van der Waals surface area (Å²) in [6.45, 7) is 2.61. The predicted molar refractivity (Wildman–Crippen MR) is 82.5 cm³/mol. The summed E-state index contributed by atoms with van der Waals surface area (Å²) in [6.07, 6.45) is 1.30. The zero-order valence-electron chi connectivity index (χ0n) is 13.2. The summed E-state index contributed by atoms with van der Waals surface area (Å²) in [5.41, 5.74) is 0.202. The summed E-state index contributed by atoms with van der Waals surface area (Å²) < 4.78 is 15.9. The number of aliphatic hydroxyl groups excluding tert-OH is 1. The highest BCUT2D eigenvalue weighted by atomic mass is 16.5. The quantitative estimate of drug-likeness (QED) is 0.797. The predicted octanol–water partition coefficient (Wildman–Crippen LogP) is 1.72. The number of benzene rings is 1. The van der Waals surface area contributed by atoms with Crippen LogP contribution in [0, 0.1) is 0 Å². The monoisotopic (exact) mass is 320 g/mol. The number of ether oxygens (including phenoxy) is 2. The van der Waals surface area contributed by atoms with Crippen LogP contribution in [0.15, 0.2) is 34.9 Å².